The Balaban J connectivity index is 2.33. The zero-order valence-electron chi connectivity index (χ0n) is 10.00. The second-order valence-corrected chi connectivity index (χ2v) is 5.43. The van der Waals surface area contributed by atoms with E-state index < -0.39 is 0 Å². The smallest absolute Gasteiger partial charge is 0.175 e. The Morgan fingerprint density at radius 2 is 2.18 bits per heavy atom. The number of fused-ring (bicyclic) bond motifs is 1. The number of rotatable bonds is 4. The molecule has 0 amide bonds. The molecule has 1 nitrogen and oxygen atoms in total. The van der Waals surface area contributed by atoms with Crippen LogP contribution in [0.1, 0.15) is 36.4 Å². The number of carbonyl (C=O) groups excluding carboxylic acids is 1. The normalized spacial score (nSPS) is 12.9. The van der Waals surface area contributed by atoms with E-state index >= 15 is 0 Å². The van der Waals surface area contributed by atoms with Gasteiger partial charge in [-0.25, -0.2) is 4.39 Å². The van der Waals surface area contributed by atoms with Crippen LogP contribution in [0, 0.1) is 11.7 Å². The lowest BCUT2D eigenvalue weighted by Crippen LogP contribution is -2.08. The van der Waals surface area contributed by atoms with E-state index in [0.29, 0.717) is 0 Å². The molecule has 0 saturated carbocycles. The molecule has 2 aromatic rings. The maximum Gasteiger partial charge on any atom is 0.175 e. The fraction of sp³-hybridized carbons (Fsp3) is 0.357. The van der Waals surface area contributed by atoms with Gasteiger partial charge in [0.15, 0.2) is 5.78 Å². The van der Waals surface area contributed by atoms with Crippen LogP contribution in [-0.4, -0.2) is 5.78 Å². The van der Waals surface area contributed by atoms with Gasteiger partial charge in [-0.3, -0.25) is 4.79 Å². The molecule has 1 unspecified atom stereocenters. The maximum absolute atomic E-state index is 13.0. The molecule has 1 aromatic carbocycles. The fourth-order valence-corrected chi connectivity index (χ4v) is 3.04. The zero-order chi connectivity index (χ0) is 12.4. The Kier molecular flexibility index (Phi) is 3.57. The van der Waals surface area contributed by atoms with Crippen molar-refractivity contribution in [3.8, 4) is 0 Å². The molecule has 0 fully saturated rings. The molecular formula is C14H15FOS. The highest BCUT2D eigenvalue weighted by atomic mass is 32.1. The average Bonchev–Trinajstić information content (AvgIpc) is 2.71. The van der Waals surface area contributed by atoms with Crippen molar-refractivity contribution in [3.63, 3.8) is 0 Å². The molecule has 0 aliphatic rings. The van der Waals surface area contributed by atoms with Gasteiger partial charge in [0.25, 0.3) is 0 Å². The first-order valence-electron chi connectivity index (χ1n) is 5.85. The number of Topliss-reactive ketones (excluding diaryl/α,β-unsaturated/α-hetero) is 1. The molecule has 0 aliphatic carbocycles. The van der Waals surface area contributed by atoms with Crippen molar-refractivity contribution in [1.29, 1.82) is 0 Å². The minimum Gasteiger partial charge on any atom is -0.293 e. The van der Waals surface area contributed by atoms with Crippen LogP contribution in [0.2, 0.25) is 0 Å². The van der Waals surface area contributed by atoms with Crippen LogP contribution < -0.4 is 0 Å². The van der Waals surface area contributed by atoms with E-state index in [4.69, 9.17) is 0 Å². The lowest BCUT2D eigenvalue weighted by atomic mass is 10.00. The quantitative estimate of drug-likeness (QED) is 0.721. The first kappa shape index (κ1) is 12.2. The summed E-state index contributed by atoms with van der Waals surface area (Å²) < 4.78 is 14.0. The Morgan fingerprint density at radius 1 is 1.41 bits per heavy atom. The molecule has 0 N–H and O–H groups in total. The predicted octanol–water partition coefficient (Wildman–Crippen LogP) is 4.66. The van der Waals surface area contributed by atoms with E-state index in [2.05, 4.69) is 6.92 Å². The summed E-state index contributed by atoms with van der Waals surface area (Å²) in [6, 6.07) is 6.45. The van der Waals surface area contributed by atoms with Crippen LogP contribution in [0.5, 0.6) is 0 Å². The highest BCUT2D eigenvalue weighted by molar-refractivity contribution is 7.20. The van der Waals surface area contributed by atoms with Gasteiger partial charge in [0.1, 0.15) is 5.82 Å². The van der Waals surface area contributed by atoms with Crippen molar-refractivity contribution in [2.75, 3.05) is 0 Å². The predicted molar refractivity (Wildman–Crippen MR) is 70.2 cm³/mol. The zero-order valence-corrected chi connectivity index (χ0v) is 10.8. The summed E-state index contributed by atoms with van der Waals surface area (Å²) in [5.41, 5.74) is 0. The van der Waals surface area contributed by atoms with E-state index in [-0.39, 0.29) is 17.5 Å². The van der Waals surface area contributed by atoms with Crippen molar-refractivity contribution in [2.24, 2.45) is 5.92 Å². The number of carbonyl (C=O) groups is 1. The molecule has 1 aromatic heterocycles. The van der Waals surface area contributed by atoms with E-state index in [1.54, 1.807) is 12.1 Å². The molecule has 0 spiro atoms. The van der Waals surface area contributed by atoms with Crippen molar-refractivity contribution in [2.45, 2.75) is 26.7 Å². The van der Waals surface area contributed by atoms with Gasteiger partial charge in [-0.15, -0.1) is 11.3 Å². The molecule has 1 atom stereocenters. The Hall–Kier alpha value is -1.22. The van der Waals surface area contributed by atoms with E-state index in [9.17, 15) is 9.18 Å². The molecule has 17 heavy (non-hydrogen) atoms. The summed E-state index contributed by atoms with van der Waals surface area (Å²) in [5.74, 6) is -0.0257. The minimum atomic E-state index is -0.254. The van der Waals surface area contributed by atoms with Crippen molar-refractivity contribution in [3.05, 3.63) is 35.0 Å². The third-order valence-electron chi connectivity index (χ3n) is 2.89. The van der Waals surface area contributed by atoms with E-state index in [1.807, 2.05) is 6.92 Å². The van der Waals surface area contributed by atoms with Crippen molar-refractivity contribution < 1.29 is 9.18 Å². The highest BCUT2D eigenvalue weighted by Gasteiger charge is 2.16. The van der Waals surface area contributed by atoms with Crippen LogP contribution in [0.15, 0.2) is 24.3 Å². The lowest BCUT2D eigenvalue weighted by Gasteiger charge is -2.05. The standard InChI is InChI=1S/C14H15FOS/c1-3-4-9(2)14(16)13-8-10-7-11(15)5-6-12(10)17-13/h5-9H,3-4H2,1-2H3. The third-order valence-corrected chi connectivity index (χ3v) is 4.02. The number of ketones is 1. The molecule has 90 valence electrons. The minimum absolute atomic E-state index is 0.0536. The molecule has 3 heteroatoms. The summed E-state index contributed by atoms with van der Waals surface area (Å²) in [4.78, 5) is 12.8. The van der Waals surface area contributed by atoms with Gasteiger partial charge >= 0.3 is 0 Å². The number of thiophene rings is 1. The second-order valence-electron chi connectivity index (χ2n) is 4.35. The van der Waals surface area contributed by atoms with E-state index in [0.717, 1.165) is 27.8 Å². The fourth-order valence-electron chi connectivity index (χ4n) is 1.94. The van der Waals surface area contributed by atoms with Crippen LogP contribution in [0.3, 0.4) is 0 Å². The summed E-state index contributed by atoms with van der Waals surface area (Å²) in [6.07, 6.45) is 1.91. The molecular weight excluding hydrogens is 235 g/mol. The van der Waals surface area contributed by atoms with Crippen LogP contribution in [0.4, 0.5) is 4.39 Å². The molecule has 0 aliphatic heterocycles. The SMILES string of the molecule is CCCC(C)C(=O)c1cc2cc(F)ccc2s1. The molecule has 0 radical (unpaired) electrons. The summed E-state index contributed by atoms with van der Waals surface area (Å²) in [6.45, 7) is 4.03. The molecule has 0 saturated heterocycles. The van der Waals surface area contributed by atoms with Crippen LogP contribution in [0.25, 0.3) is 10.1 Å². The van der Waals surface area contributed by atoms with Gasteiger partial charge in [-0.05, 0) is 36.1 Å². The van der Waals surface area contributed by atoms with Gasteiger partial charge in [-0.1, -0.05) is 20.3 Å². The Bertz CT molecular complexity index is 544. The molecule has 2 rings (SSSR count). The van der Waals surface area contributed by atoms with Gasteiger partial charge in [0.2, 0.25) is 0 Å². The van der Waals surface area contributed by atoms with E-state index in [1.165, 1.54) is 23.5 Å². The Labute approximate surface area is 104 Å². The lowest BCUT2D eigenvalue weighted by molar-refractivity contribution is 0.0928. The average molecular weight is 250 g/mol. The highest BCUT2D eigenvalue weighted by Crippen LogP contribution is 2.28. The Morgan fingerprint density at radius 3 is 2.88 bits per heavy atom. The largest absolute Gasteiger partial charge is 0.293 e. The first-order chi connectivity index (χ1) is 8.11. The van der Waals surface area contributed by atoms with Gasteiger partial charge in [-0.2, -0.15) is 0 Å². The first-order valence-corrected chi connectivity index (χ1v) is 6.66. The van der Waals surface area contributed by atoms with Crippen LogP contribution in [-0.2, 0) is 0 Å². The topological polar surface area (TPSA) is 17.1 Å². The number of hydrogen-bond acceptors (Lipinski definition) is 2. The number of hydrogen-bond donors (Lipinski definition) is 0. The second kappa shape index (κ2) is 4.96. The monoisotopic (exact) mass is 250 g/mol. The maximum atomic E-state index is 13.0. The molecule has 0 bridgehead atoms. The van der Waals surface area contributed by atoms with Gasteiger partial charge < -0.3 is 0 Å². The van der Waals surface area contributed by atoms with Gasteiger partial charge in [0.05, 0.1) is 4.88 Å². The summed E-state index contributed by atoms with van der Waals surface area (Å²) in [5, 5.41) is 0.821. The number of halogens is 1. The van der Waals surface area contributed by atoms with Gasteiger partial charge in [0, 0.05) is 10.6 Å². The number of benzene rings is 1. The third kappa shape index (κ3) is 2.55. The van der Waals surface area contributed by atoms with Crippen LogP contribution >= 0.6 is 11.3 Å². The summed E-state index contributed by atoms with van der Waals surface area (Å²) in [7, 11) is 0. The van der Waals surface area contributed by atoms with Crippen molar-refractivity contribution >= 4 is 27.2 Å². The van der Waals surface area contributed by atoms with Crippen molar-refractivity contribution in [1.82, 2.24) is 0 Å². The molecule has 1 heterocycles. The summed E-state index contributed by atoms with van der Waals surface area (Å²) >= 11 is 1.45.